The van der Waals surface area contributed by atoms with Gasteiger partial charge in [-0.25, -0.2) is 14.5 Å². The van der Waals surface area contributed by atoms with E-state index in [0.717, 1.165) is 11.3 Å². The molecule has 0 spiro atoms. The highest BCUT2D eigenvalue weighted by Crippen LogP contribution is 2.10. The number of rotatable bonds is 5. The van der Waals surface area contributed by atoms with Crippen LogP contribution in [0.4, 0.5) is 0 Å². The molecule has 0 aromatic carbocycles. The van der Waals surface area contributed by atoms with E-state index in [2.05, 4.69) is 15.3 Å². The summed E-state index contributed by atoms with van der Waals surface area (Å²) in [6, 6.07) is 5.72. The van der Waals surface area contributed by atoms with Gasteiger partial charge in [-0.3, -0.25) is 0 Å². The summed E-state index contributed by atoms with van der Waals surface area (Å²) in [7, 11) is 0. The molecule has 8 heteroatoms. The molecule has 0 saturated heterocycles. The zero-order valence-corrected chi connectivity index (χ0v) is 11.2. The van der Waals surface area contributed by atoms with E-state index in [1.54, 1.807) is 0 Å². The monoisotopic (exact) mass is 286 g/mol. The van der Waals surface area contributed by atoms with Crippen LogP contribution >= 0.6 is 0 Å². The third-order valence-corrected chi connectivity index (χ3v) is 3.15. The molecular weight excluding hydrogens is 272 g/mol. The third-order valence-electron chi connectivity index (χ3n) is 3.15. The lowest BCUT2D eigenvalue weighted by Gasteiger charge is -2.03. The van der Waals surface area contributed by atoms with Crippen molar-refractivity contribution in [2.75, 3.05) is 6.54 Å². The molecular formula is C13H14N6O2. The van der Waals surface area contributed by atoms with Crippen molar-refractivity contribution in [1.82, 2.24) is 24.4 Å². The van der Waals surface area contributed by atoms with Crippen molar-refractivity contribution in [2.24, 2.45) is 5.73 Å². The van der Waals surface area contributed by atoms with Gasteiger partial charge in [0.05, 0.1) is 17.9 Å². The van der Waals surface area contributed by atoms with Gasteiger partial charge in [-0.15, -0.1) is 5.10 Å². The summed E-state index contributed by atoms with van der Waals surface area (Å²) in [6.45, 7) is 0.691. The Bertz CT molecular complexity index is 758. The Kier molecular flexibility index (Phi) is 3.36. The highest BCUT2D eigenvalue weighted by atomic mass is 16.4. The van der Waals surface area contributed by atoms with Crippen LogP contribution in [0, 0.1) is 0 Å². The van der Waals surface area contributed by atoms with E-state index in [0.29, 0.717) is 25.2 Å². The molecule has 0 radical (unpaired) electrons. The summed E-state index contributed by atoms with van der Waals surface area (Å²) >= 11 is 0. The number of nitrogens with two attached hydrogens (primary N) is 1. The number of pyridine rings is 1. The smallest absolute Gasteiger partial charge is 0.358 e. The quantitative estimate of drug-likeness (QED) is 0.691. The van der Waals surface area contributed by atoms with Gasteiger partial charge in [-0.05, 0) is 18.7 Å². The maximum absolute atomic E-state index is 11.1. The fourth-order valence-electron chi connectivity index (χ4n) is 2.23. The van der Waals surface area contributed by atoms with Gasteiger partial charge in [-0.1, -0.05) is 11.3 Å². The summed E-state index contributed by atoms with van der Waals surface area (Å²) in [6.07, 6.45) is 4.18. The largest absolute Gasteiger partial charge is 0.476 e. The second-order valence-electron chi connectivity index (χ2n) is 4.58. The van der Waals surface area contributed by atoms with Crippen molar-refractivity contribution in [3.63, 3.8) is 0 Å². The molecule has 0 amide bonds. The fraction of sp³-hybridized carbons (Fsp3) is 0.231. The van der Waals surface area contributed by atoms with Gasteiger partial charge >= 0.3 is 5.97 Å². The second kappa shape index (κ2) is 5.33. The Hall–Kier alpha value is -2.74. The number of carbonyl (C=O) groups is 1. The molecule has 3 heterocycles. The number of imidazole rings is 1. The van der Waals surface area contributed by atoms with Crippen LogP contribution < -0.4 is 5.73 Å². The Morgan fingerprint density at radius 3 is 2.95 bits per heavy atom. The van der Waals surface area contributed by atoms with Gasteiger partial charge in [0, 0.05) is 18.8 Å². The molecule has 3 rings (SSSR count). The van der Waals surface area contributed by atoms with Gasteiger partial charge in [-0.2, -0.15) is 0 Å². The lowest BCUT2D eigenvalue weighted by atomic mass is 10.2. The molecule has 0 fully saturated rings. The first-order valence-electron chi connectivity index (χ1n) is 6.47. The Morgan fingerprint density at radius 2 is 2.24 bits per heavy atom. The van der Waals surface area contributed by atoms with E-state index in [4.69, 9.17) is 10.8 Å². The standard InChI is InChI=1S/C13H14N6O2/c14-5-4-10-12(13(20)21)16-17-19(10)8-9-7-18-6-2-1-3-11(18)15-9/h1-3,6-7H,4-5,8,14H2,(H,20,21). The molecule has 0 saturated carbocycles. The highest BCUT2D eigenvalue weighted by molar-refractivity contribution is 5.86. The number of aromatic carboxylic acids is 1. The van der Waals surface area contributed by atoms with Gasteiger partial charge < -0.3 is 15.2 Å². The molecule has 0 bridgehead atoms. The number of hydrogen-bond donors (Lipinski definition) is 2. The van der Waals surface area contributed by atoms with Crippen LogP contribution in [0.3, 0.4) is 0 Å². The molecule has 3 aromatic rings. The minimum atomic E-state index is -1.10. The lowest BCUT2D eigenvalue weighted by molar-refractivity contribution is 0.0689. The van der Waals surface area contributed by atoms with Crippen molar-refractivity contribution in [2.45, 2.75) is 13.0 Å². The first-order valence-corrected chi connectivity index (χ1v) is 6.47. The molecule has 0 atom stereocenters. The van der Waals surface area contributed by atoms with Gasteiger partial charge in [0.2, 0.25) is 0 Å². The average Bonchev–Trinajstić information content (AvgIpc) is 3.03. The molecule has 3 N–H and O–H groups in total. The zero-order chi connectivity index (χ0) is 14.8. The molecule has 8 nitrogen and oxygen atoms in total. The van der Waals surface area contributed by atoms with E-state index in [1.165, 1.54) is 4.68 Å². The fourth-order valence-corrected chi connectivity index (χ4v) is 2.23. The number of carboxylic acids is 1. The minimum absolute atomic E-state index is 0.0517. The van der Waals surface area contributed by atoms with Crippen LogP contribution in [-0.4, -0.2) is 42.0 Å². The number of fused-ring (bicyclic) bond motifs is 1. The van der Waals surface area contributed by atoms with Gasteiger partial charge in [0.1, 0.15) is 5.65 Å². The number of nitrogens with zero attached hydrogens (tertiary/aromatic N) is 5. The van der Waals surface area contributed by atoms with Crippen molar-refractivity contribution in [1.29, 1.82) is 0 Å². The maximum atomic E-state index is 11.1. The van der Waals surface area contributed by atoms with Crippen LogP contribution in [-0.2, 0) is 13.0 Å². The molecule has 0 aliphatic carbocycles. The van der Waals surface area contributed by atoms with E-state index >= 15 is 0 Å². The number of aromatic nitrogens is 5. The second-order valence-corrected chi connectivity index (χ2v) is 4.58. The Balaban J connectivity index is 1.95. The van der Waals surface area contributed by atoms with E-state index in [9.17, 15) is 4.79 Å². The molecule has 21 heavy (non-hydrogen) atoms. The number of hydrogen-bond acceptors (Lipinski definition) is 5. The SMILES string of the molecule is NCCc1c(C(=O)O)nnn1Cc1cn2ccccc2n1. The van der Waals surface area contributed by atoms with Crippen LogP contribution in [0.15, 0.2) is 30.6 Å². The molecule has 108 valence electrons. The van der Waals surface area contributed by atoms with Crippen molar-refractivity contribution in [3.8, 4) is 0 Å². The summed E-state index contributed by atoms with van der Waals surface area (Å²) in [4.78, 5) is 15.6. The first-order chi connectivity index (χ1) is 10.2. The summed E-state index contributed by atoms with van der Waals surface area (Å²) in [5, 5.41) is 16.7. The predicted octanol–water partition coefficient (Wildman–Crippen LogP) is 0.173. The van der Waals surface area contributed by atoms with Crippen LogP contribution in [0.2, 0.25) is 0 Å². The summed E-state index contributed by atoms with van der Waals surface area (Å²) in [5.41, 5.74) is 7.60. The van der Waals surface area contributed by atoms with Crippen molar-refractivity contribution >= 4 is 11.6 Å². The average molecular weight is 286 g/mol. The molecule has 3 aromatic heterocycles. The van der Waals surface area contributed by atoms with E-state index in [1.807, 2.05) is 35.0 Å². The summed E-state index contributed by atoms with van der Waals surface area (Å²) in [5.74, 6) is -1.10. The number of carboxylic acid groups (broad SMARTS) is 1. The van der Waals surface area contributed by atoms with Crippen LogP contribution in [0.1, 0.15) is 21.9 Å². The van der Waals surface area contributed by atoms with E-state index < -0.39 is 5.97 Å². The Morgan fingerprint density at radius 1 is 1.38 bits per heavy atom. The molecule has 0 aliphatic rings. The van der Waals surface area contributed by atoms with E-state index in [-0.39, 0.29) is 5.69 Å². The first kappa shape index (κ1) is 13.3. The molecule has 0 unspecified atom stereocenters. The third kappa shape index (κ3) is 2.48. The lowest BCUT2D eigenvalue weighted by Crippen LogP contribution is -2.14. The van der Waals surface area contributed by atoms with Crippen molar-refractivity contribution in [3.05, 3.63) is 47.7 Å². The van der Waals surface area contributed by atoms with Crippen LogP contribution in [0.25, 0.3) is 5.65 Å². The minimum Gasteiger partial charge on any atom is -0.476 e. The van der Waals surface area contributed by atoms with Gasteiger partial charge in [0.25, 0.3) is 0 Å². The summed E-state index contributed by atoms with van der Waals surface area (Å²) < 4.78 is 3.44. The van der Waals surface area contributed by atoms with Gasteiger partial charge in [0.15, 0.2) is 5.69 Å². The highest BCUT2D eigenvalue weighted by Gasteiger charge is 2.18. The Labute approximate surface area is 119 Å². The van der Waals surface area contributed by atoms with Crippen LogP contribution in [0.5, 0.6) is 0 Å². The normalized spacial score (nSPS) is 11.1. The zero-order valence-electron chi connectivity index (χ0n) is 11.2. The molecule has 0 aliphatic heterocycles. The van der Waals surface area contributed by atoms with Crippen molar-refractivity contribution < 1.29 is 9.90 Å². The predicted molar refractivity (Wildman–Crippen MR) is 74.0 cm³/mol. The maximum Gasteiger partial charge on any atom is 0.358 e. The topological polar surface area (TPSA) is 111 Å².